The highest BCUT2D eigenvalue weighted by atomic mass is 32.1. The smallest absolute Gasteiger partial charge is 0.176 e. The van der Waals surface area contributed by atoms with Gasteiger partial charge in [-0.2, -0.15) is 14.6 Å². The zero-order chi connectivity index (χ0) is 7.40. The minimum atomic E-state index is -0.165. The molecule has 54 valence electrons. The Morgan fingerprint density at radius 2 is 2.40 bits per heavy atom. The molecule has 0 bridgehead atoms. The second kappa shape index (κ2) is 3.41. The lowest BCUT2D eigenvalue weighted by Crippen LogP contribution is -1.68. The summed E-state index contributed by atoms with van der Waals surface area (Å²) in [6.07, 6.45) is 0. The molecule has 4 heteroatoms. The van der Waals surface area contributed by atoms with Crippen molar-refractivity contribution in [3.8, 4) is 0 Å². The van der Waals surface area contributed by atoms with E-state index in [2.05, 4.69) is 10.2 Å². The van der Waals surface area contributed by atoms with Gasteiger partial charge in [0.1, 0.15) is 0 Å². The SMILES string of the molecule is CN=NCc1ccc(F)s1. The number of hydrogen-bond donors (Lipinski definition) is 0. The third-order valence-corrected chi connectivity index (χ3v) is 1.86. The van der Waals surface area contributed by atoms with E-state index in [9.17, 15) is 4.39 Å². The number of halogens is 1. The highest BCUT2D eigenvalue weighted by molar-refractivity contribution is 7.10. The minimum absolute atomic E-state index is 0.165. The first-order valence-electron chi connectivity index (χ1n) is 2.82. The molecule has 1 heterocycles. The number of thiophene rings is 1. The van der Waals surface area contributed by atoms with Crippen molar-refractivity contribution in [1.82, 2.24) is 0 Å². The van der Waals surface area contributed by atoms with E-state index in [4.69, 9.17) is 0 Å². The molecule has 0 atom stereocenters. The maximum absolute atomic E-state index is 12.3. The maximum Gasteiger partial charge on any atom is 0.176 e. The van der Waals surface area contributed by atoms with Crippen LogP contribution in [0.1, 0.15) is 4.88 Å². The van der Waals surface area contributed by atoms with Gasteiger partial charge >= 0.3 is 0 Å². The van der Waals surface area contributed by atoms with Crippen molar-refractivity contribution in [2.24, 2.45) is 10.2 Å². The molecule has 0 aliphatic rings. The summed E-state index contributed by atoms with van der Waals surface area (Å²) in [5, 5.41) is 7.11. The van der Waals surface area contributed by atoms with Gasteiger partial charge in [-0.15, -0.1) is 11.3 Å². The van der Waals surface area contributed by atoms with Crippen LogP contribution in [-0.2, 0) is 6.54 Å². The summed E-state index contributed by atoms with van der Waals surface area (Å²) in [5.41, 5.74) is 0. The molecule has 0 aromatic carbocycles. The molecule has 2 nitrogen and oxygen atoms in total. The molecule has 0 aliphatic carbocycles. The van der Waals surface area contributed by atoms with Gasteiger partial charge < -0.3 is 0 Å². The zero-order valence-corrected chi connectivity index (χ0v) is 6.36. The van der Waals surface area contributed by atoms with E-state index in [1.807, 2.05) is 0 Å². The first-order valence-corrected chi connectivity index (χ1v) is 3.64. The standard InChI is InChI=1S/C6H7FN2S/c1-8-9-4-5-2-3-6(7)10-5/h2-3H,4H2,1H3. The van der Waals surface area contributed by atoms with Crippen LogP contribution in [0.25, 0.3) is 0 Å². The summed E-state index contributed by atoms with van der Waals surface area (Å²) >= 11 is 1.11. The van der Waals surface area contributed by atoms with Crippen LogP contribution in [0, 0.1) is 5.13 Å². The van der Waals surface area contributed by atoms with E-state index in [1.54, 1.807) is 13.1 Å². The molecule has 0 unspecified atom stereocenters. The normalized spacial score (nSPS) is 11.0. The molecule has 1 aromatic heterocycles. The summed E-state index contributed by atoms with van der Waals surface area (Å²) in [7, 11) is 1.60. The Hall–Kier alpha value is -0.770. The lowest BCUT2D eigenvalue weighted by Gasteiger charge is -1.82. The van der Waals surface area contributed by atoms with Gasteiger partial charge in [0, 0.05) is 11.9 Å². The highest BCUT2D eigenvalue weighted by Crippen LogP contribution is 2.14. The second-order valence-electron chi connectivity index (χ2n) is 1.71. The fraction of sp³-hybridized carbons (Fsp3) is 0.333. The molecular weight excluding hydrogens is 151 g/mol. The topological polar surface area (TPSA) is 24.7 Å². The predicted octanol–water partition coefficient (Wildman–Crippen LogP) is 2.47. The highest BCUT2D eigenvalue weighted by Gasteiger charge is 1.95. The van der Waals surface area contributed by atoms with Gasteiger partial charge in [0.05, 0.1) is 6.54 Å². The monoisotopic (exact) mass is 158 g/mol. The van der Waals surface area contributed by atoms with Crippen molar-refractivity contribution >= 4 is 11.3 Å². The van der Waals surface area contributed by atoms with E-state index in [0.29, 0.717) is 6.54 Å². The Morgan fingerprint density at radius 3 is 2.90 bits per heavy atom. The fourth-order valence-electron chi connectivity index (χ4n) is 0.577. The van der Waals surface area contributed by atoms with Crippen molar-refractivity contribution < 1.29 is 4.39 Å². The summed E-state index contributed by atoms with van der Waals surface area (Å²) in [6.45, 7) is 0.491. The lowest BCUT2D eigenvalue weighted by molar-refractivity contribution is 0.657. The molecule has 1 rings (SSSR count). The van der Waals surface area contributed by atoms with Crippen LogP contribution in [0.15, 0.2) is 22.4 Å². The largest absolute Gasteiger partial charge is 0.197 e. The van der Waals surface area contributed by atoms with Crippen LogP contribution in [0.4, 0.5) is 4.39 Å². The van der Waals surface area contributed by atoms with Gasteiger partial charge in [-0.25, -0.2) is 0 Å². The summed E-state index contributed by atoms with van der Waals surface area (Å²) in [6, 6.07) is 3.15. The Labute approximate surface area is 62.4 Å². The third-order valence-electron chi connectivity index (χ3n) is 0.997. The van der Waals surface area contributed by atoms with Crippen LogP contribution in [-0.4, -0.2) is 7.05 Å². The molecule has 0 fully saturated rings. The number of rotatable bonds is 2. The van der Waals surface area contributed by atoms with Gasteiger partial charge in [0.2, 0.25) is 0 Å². The van der Waals surface area contributed by atoms with E-state index in [-0.39, 0.29) is 5.13 Å². The Morgan fingerprint density at radius 1 is 1.60 bits per heavy atom. The Bertz CT molecular complexity index is 231. The number of nitrogens with zero attached hydrogens (tertiary/aromatic N) is 2. The lowest BCUT2D eigenvalue weighted by atomic mass is 10.5. The van der Waals surface area contributed by atoms with Crippen LogP contribution in [0.5, 0.6) is 0 Å². The summed E-state index contributed by atoms with van der Waals surface area (Å²) < 4.78 is 12.3. The van der Waals surface area contributed by atoms with Crippen molar-refractivity contribution in [3.63, 3.8) is 0 Å². The third kappa shape index (κ3) is 1.88. The van der Waals surface area contributed by atoms with Crippen molar-refractivity contribution in [3.05, 3.63) is 22.1 Å². The second-order valence-corrected chi connectivity index (χ2v) is 2.82. The van der Waals surface area contributed by atoms with Gasteiger partial charge in [0.15, 0.2) is 5.13 Å². The molecule has 0 saturated heterocycles. The fourth-order valence-corrected chi connectivity index (χ4v) is 1.22. The van der Waals surface area contributed by atoms with E-state index >= 15 is 0 Å². The van der Waals surface area contributed by atoms with Gasteiger partial charge in [-0.1, -0.05) is 0 Å². The molecule has 0 N–H and O–H groups in total. The first-order chi connectivity index (χ1) is 4.83. The van der Waals surface area contributed by atoms with E-state index in [0.717, 1.165) is 16.2 Å². The molecule has 0 aliphatic heterocycles. The minimum Gasteiger partial charge on any atom is -0.197 e. The van der Waals surface area contributed by atoms with Crippen LogP contribution in [0.3, 0.4) is 0 Å². The van der Waals surface area contributed by atoms with Crippen molar-refractivity contribution in [2.75, 3.05) is 7.05 Å². The first kappa shape index (κ1) is 7.34. The maximum atomic E-state index is 12.3. The Balaban J connectivity index is 2.58. The molecular formula is C6H7FN2S. The molecule has 0 amide bonds. The van der Waals surface area contributed by atoms with Crippen LogP contribution in [0.2, 0.25) is 0 Å². The molecule has 0 spiro atoms. The predicted molar refractivity (Wildman–Crippen MR) is 38.8 cm³/mol. The molecule has 10 heavy (non-hydrogen) atoms. The summed E-state index contributed by atoms with van der Waals surface area (Å²) in [4.78, 5) is 0.906. The quantitative estimate of drug-likeness (QED) is 0.591. The molecule has 0 radical (unpaired) electrons. The molecule has 1 aromatic rings. The van der Waals surface area contributed by atoms with Crippen LogP contribution >= 0.6 is 11.3 Å². The molecule has 0 saturated carbocycles. The van der Waals surface area contributed by atoms with E-state index < -0.39 is 0 Å². The van der Waals surface area contributed by atoms with Crippen molar-refractivity contribution in [1.29, 1.82) is 0 Å². The van der Waals surface area contributed by atoms with Crippen molar-refractivity contribution in [2.45, 2.75) is 6.54 Å². The average molecular weight is 158 g/mol. The average Bonchev–Trinajstić information content (AvgIpc) is 2.31. The van der Waals surface area contributed by atoms with Crippen LogP contribution < -0.4 is 0 Å². The summed E-state index contributed by atoms with van der Waals surface area (Å²) in [5.74, 6) is 0. The van der Waals surface area contributed by atoms with E-state index in [1.165, 1.54) is 6.07 Å². The Kier molecular flexibility index (Phi) is 2.50. The van der Waals surface area contributed by atoms with Gasteiger partial charge in [0.25, 0.3) is 0 Å². The van der Waals surface area contributed by atoms with Gasteiger partial charge in [-0.3, -0.25) is 0 Å². The number of azo groups is 1. The van der Waals surface area contributed by atoms with Gasteiger partial charge in [-0.05, 0) is 12.1 Å². The zero-order valence-electron chi connectivity index (χ0n) is 5.54. The number of hydrogen-bond acceptors (Lipinski definition) is 3.